The predicted octanol–water partition coefficient (Wildman–Crippen LogP) is 3.03. The van der Waals surface area contributed by atoms with E-state index in [2.05, 4.69) is 15.4 Å². The quantitative estimate of drug-likeness (QED) is 0.804. The van der Waals surface area contributed by atoms with Gasteiger partial charge in [-0.1, -0.05) is 6.07 Å². The van der Waals surface area contributed by atoms with Crippen molar-refractivity contribution in [3.05, 3.63) is 71.3 Å². The highest BCUT2D eigenvalue weighted by Crippen LogP contribution is 2.18. The number of hydrogen-bond acceptors (Lipinski definition) is 3. The van der Waals surface area contributed by atoms with Gasteiger partial charge in [-0.25, -0.2) is 0 Å². The fourth-order valence-electron chi connectivity index (χ4n) is 2.48. The Bertz CT molecular complexity index is 883. The van der Waals surface area contributed by atoms with Gasteiger partial charge in [0.25, 0.3) is 5.91 Å². The summed E-state index contributed by atoms with van der Waals surface area (Å²) < 4.78 is 1.75. The van der Waals surface area contributed by atoms with Crippen molar-refractivity contribution in [2.24, 2.45) is 7.05 Å². The highest BCUT2D eigenvalue weighted by Gasteiger charge is 2.08. The standard InChI is InChI=1S/C19H20N4O/c1-13-4-5-16(6-14(13)2)19(24)21-9-15-7-17(10-20-8-15)18-11-22-23(3)12-18/h4-8,10-12H,9H2,1-3H3,(H,21,24). The molecule has 3 rings (SSSR count). The van der Waals surface area contributed by atoms with Crippen molar-refractivity contribution in [3.8, 4) is 11.1 Å². The van der Waals surface area contributed by atoms with Crippen molar-refractivity contribution in [1.29, 1.82) is 0 Å². The maximum absolute atomic E-state index is 12.3. The van der Waals surface area contributed by atoms with Gasteiger partial charge in [-0.2, -0.15) is 5.10 Å². The van der Waals surface area contributed by atoms with Crippen LogP contribution in [0.25, 0.3) is 11.1 Å². The molecule has 0 atom stereocenters. The molecule has 2 heterocycles. The van der Waals surface area contributed by atoms with Crippen LogP contribution in [0.3, 0.4) is 0 Å². The van der Waals surface area contributed by atoms with E-state index in [1.54, 1.807) is 23.3 Å². The lowest BCUT2D eigenvalue weighted by Gasteiger charge is -2.08. The number of nitrogens with one attached hydrogen (secondary N) is 1. The van der Waals surface area contributed by atoms with Gasteiger partial charge in [-0.15, -0.1) is 0 Å². The summed E-state index contributed by atoms with van der Waals surface area (Å²) in [6.45, 7) is 4.48. The van der Waals surface area contributed by atoms with Crippen LogP contribution in [-0.2, 0) is 13.6 Å². The Kier molecular flexibility index (Phi) is 4.42. The highest BCUT2D eigenvalue weighted by atomic mass is 16.1. The van der Waals surface area contributed by atoms with Crippen molar-refractivity contribution in [1.82, 2.24) is 20.1 Å². The molecule has 3 aromatic rings. The van der Waals surface area contributed by atoms with Gasteiger partial charge < -0.3 is 5.32 Å². The number of carbonyl (C=O) groups is 1. The molecule has 0 spiro atoms. The van der Waals surface area contributed by atoms with E-state index in [9.17, 15) is 4.79 Å². The van der Waals surface area contributed by atoms with Gasteiger partial charge >= 0.3 is 0 Å². The SMILES string of the molecule is Cc1ccc(C(=O)NCc2cncc(-c3cnn(C)c3)c2)cc1C. The first-order chi connectivity index (χ1) is 11.5. The van der Waals surface area contributed by atoms with Crippen LogP contribution in [0.4, 0.5) is 0 Å². The fraction of sp³-hybridized carbons (Fsp3) is 0.211. The maximum atomic E-state index is 12.3. The van der Waals surface area contributed by atoms with Crippen molar-refractivity contribution >= 4 is 5.91 Å². The number of pyridine rings is 1. The molecule has 0 saturated carbocycles. The van der Waals surface area contributed by atoms with E-state index >= 15 is 0 Å². The smallest absolute Gasteiger partial charge is 0.251 e. The van der Waals surface area contributed by atoms with Crippen LogP contribution in [-0.4, -0.2) is 20.7 Å². The fourth-order valence-corrected chi connectivity index (χ4v) is 2.48. The molecule has 24 heavy (non-hydrogen) atoms. The normalized spacial score (nSPS) is 10.6. The molecule has 0 aliphatic rings. The van der Waals surface area contributed by atoms with E-state index in [1.807, 2.05) is 51.4 Å². The van der Waals surface area contributed by atoms with E-state index < -0.39 is 0 Å². The van der Waals surface area contributed by atoms with E-state index in [0.717, 1.165) is 22.3 Å². The number of carbonyl (C=O) groups excluding carboxylic acids is 1. The lowest BCUT2D eigenvalue weighted by molar-refractivity contribution is 0.0951. The van der Waals surface area contributed by atoms with Gasteiger partial charge in [-0.05, 0) is 48.7 Å². The van der Waals surface area contributed by atoms with Crippen LogP contribution in [0.5, 0.6) is 0 Å². The molecule has 1 amide bonds. The Balaban J connectivity index is 1.70. The number of hydrogen-bond donors (Lipinski definition) is 1. The van der Waals surface area contributed by atoms with Crippen LogP contribution in [0, 0.1) is 13.8 Å². The minimum atomic E-state index is -0.0788. The first-order valence-electron chi connectivity index (χ1n) is 7.81. The van der Waals surface area contributed by atoms with Crippen LogP contribution >= 0.6 is 0 Å². The summed E-state index contributed by atoms with van der Waals surface area (Å²) in [5.41, 5.74) is 5.92. The first kappa shape index (κ1) is 15.9. The summed E-state index contributed by atoms with van der Waals surface area (Å²) in [4.78, 5) is 16.6. The number of benzene rings is 1. The molecule has 0 aliphatic carbocycles. The molecule has 5 nitrogen and oxygen atoms in total. The largest absolute Gasteiger partial charge is 0.348 e. The molecule has 0 fully saturated rings. The predicted molar refractivity (Wildman–Crippen MR) is 93.5 cm³/mol. The average molecular weight is 320 g/mol. The number of aromatic nitrogens is 3. The summed E-state index contributed by atoms with van der Waals surface area (Å²) in [5, 5.41) is 7.12. The third-order valence-electron chi connectivity index (χ3n) is 4.06. The van der Waals surface area contributed by atoms with Gasteiger partial charge in [-0.3, -0.25) is 14.5 Å². The summed E-state index contributed by atoms with van der Waals surface area (Å²) in [6.07, 6.45) is 7.30. The zero-order valence-corrected chi connectivity index (χ0v) is 14.1. The lowest BCUT2D eigenvalue weighted by atomic mass is 10.1. The third kappa shape index (κ3) is 3.51. The van der Waals surface area contributed by atoms with Gasteiger partial charge in [0, 0.05) is 48.9 Å². The Morgan fingerprint density at radius 2 is 1.92 bits per heavy atom. The van der Waals surface area contributed by atoms with Gasteiger partial charge in [0.05, 0.1) is 6.20 Å². The molecule has 0 bridgehead atoms. The second kappa shape index (κ2) is 6.66. The molecular formula is C19H20N4O. The van der Waals surface area contributed by atoms with Gasteiger partial charge in [0.2, 0.25) is 0 Å². The Hall–Kier alpha value is -2.95. The summed E-state index contributed by atoms with van der Waals surface area (Å²) in [6, 6.07) is 7.75. The van der Waals surface area contributed by atoms with Crippen LogP contribution in [0.15, 0.2) is 49.1 Å². The van der Waals surface area contributed by atoms with E-state index in [1.165, 1.54) is 5.56 Å². The molecule has 1 aromatic carbocycles. The zero-order valence-electron chi connectivity index (χ0n) is 14.1. The molecule has 1 N–H and O–H groups in total. The summed E-state index contributed by atoms with van der Waals surface area (Å²) in [7, 11) is 1.88. The Labute approximate surface area is 141 Å². The van der Waals surface area contributed by atoms with Crippen molar-refractivity contribution in [2.45, 2.75) is 20.4 Å². The summed E-state index contributed by atoms with van der Waals surface area (Å²) >= 11 is 0. The third-order valence-corrected chi connectivity index (χ3v) is 4.06. The minimum absolute atomic E-state index is 0.0788. The molecule has 0 radical (unpaired) electrons. The van der Waals surface area contributed by atoms with Gasteiger partial charge in [0.15, 0.2) is 0 Å². The summed E-state index contributed by atoms with van der Waals surface area (Å²) in [5.74, 6) is -0.0788. The van der Waals surface area contributed by atoms with E-state index in [4.69, 9.17) is 0 Å². The Morgan fingerprint density at radius 1 is 1.08 bits per heavy atom. The van der Waals surface area contributed by atoms with Crippen molar-refractivity contribution in [3.63, 3.8) is 0 Å². The Morgan fingerprint density at radius 3 is 2.62 bits per heavy atom. The number of nitrogens with zero attached hydrogens (tertiary/aromatic N) is 3. The molecule has 0 unspecified atom stereocenters. The number of rotatable bonds is 4. The highest BCUT2D eigenvalue weighted by molar-refractivity contribution is 5.94. The van der Waals surface area contributed by atoms with Crippen molar-refractivity contribution in [2.75, 3.05) is 0 Å². The van der Waals surface area contributed by atoms with Crippen LogP contribution in [0.1, 0.15) is 27.0 Å². The zero-order chi connectivity index (χ0) is 17.1. The average Bonchev–Trinajstić information content (AvgIpc) is 3.02. The lowest BCUT2D eigenvalue weighted by Crippen LogP contribution is -2.23. The molecule has 0 saturated heterocycles. The number of aryl methyl sites for hydroxylation is 3. The molecule has 5 heteroatoms. The molecular weight excluding hydrogens is 300 g/mol. The topological polar surface area (TPSA) is 59.8 Å². The second-order valence-electron chi connectivity index (χ2n) is 5.97. The van der Waals surface area contributed by atoms with E-state index in [0.29, 0.717) is 12.1 Å². The first-order valence-corrected chi connectivity index (χ1v) is 7.81. The maximum Gasteiger partial charge on any atom is 0.251 e. The molecule has 0 aliphatic heterocycles. The minimum Gasteiger partial charge on any atom is -0.348 e. The monoisotopic (exact) mass is 320 g/mol. The van der Waals surface area contributed by atoms with E-state index in [-0.39, 0.29) is 5.91 Å². The van der Waals surface area contributed by atoms with Crippen molar-refractivity contribution < 1.29 is 4.79 Å². The second-order valence-corrected chi connectivity index (χ2v) is 5.97. The van der Waals surface area contributed by atoms with Crippen LogP contribution in [0.2, 0.25) is 0 Å². The van der Waals surface area contributed by atoms with Gasteiger partial charge in [0.1, 0.15) is 0 Å². The van der Waals surface area contributed by atoms with Crippen LogP contribution < -0.4 is 5.32 Å². The molecule has 2 aromatic heterocycles. The number of amides is 1. The molecule has 122 valence electrons.